The summed E-state index contributed by atoms with van der Waals surface area (Å²) in [6, 6.07) is 8.14. The van der Waals surface area contributed by atoms with Gasteiger partial charge < -0.3 is 4.57 Å². The summed E-state index contributed by atoms with van der Waals surface area (Å²) < 4.78 is 82.9. The maximum absolute atomic E-state index is 13.5. The van der Waals surface area contributed by atoms with Crippen molar-refractivity contribution in [1.82, 2.24) is 23.9 Å². The zero-order chi connectivity index (χ0) is 28.3. The summed E-state index contributed by atoms with van der Waals surface area (Å²) in [5, 5.41) is 0.592. The van der Waals surface area contributed by atoms with Gasteiger partial charge in [0, 0.05) is 24.2 Å². The lowest BCUT2D eigenvalue weighted by atomic mass is 9.97. The Morgan fingerprint density at radius 3 is 2.36 bits per heavy atom. The second-order valence-corrected chi connectivity index (χ2v) is 9.24. The van der Waals surface area contributed by atoms with Gasteiger partial charge in [-0.05, 0) is 56.2 Å². The van der Waals surface area contributed by atoms with Gasteiger partial charge in [0.15, 0.2) is 5.49 Å². The lowest BCUT2D eigenvalue weighted by molar-refractivity contribution is -0.145. The Bertz CT molecular complexity index is 1800. The summed E-state index contributed by atoms with van der Waals surface area (Å²) in [5.41, 5.74) is 2.06. The van der Waals surface area contributed by atoms with Crippen molar-refractivity contribution in [1.29, 1.82) is 0 Å². The van der Waals surface area contributed by atoms with Crippen LogP contribution in [0.4, 0.5) is 26.3 Å². The van der Waals surface area contributed by atoms with Gasteiger partial charge in [-0.2, -0.15) is 26.3 Å². The van der Waals surface area contributed by atoms with Gasteiger partial charge in [0.25, 0.3) is 0 Å². The van der Waals surface area contributed by atoms with Crippen LogP contribution >= 0.6 is 0 Å². The lowest BCUT2D eigenvalue weighted by Crippen LogP contribution is -2.18. The minimum atomic E-state index is -4.60. The van der Waals surface area contributed by atoms with E-state index in [2.05, 4.69) is 15.0 Å². The molecule has 0 saturated carbocycles. The number of nitrogens with zero attached hydrogens (tertiary/aromatic N) is 6. The van der Waals surface area contributed by atoms with E-state index in [1.807, 2.05) is 0 Å². The van der Waals surface area contributed by atoms with Crippen LogP contribution in [0.25, 0.3) is 27.7 Å². The summed E-state index contributed by atoms with van der Waals surface area (Å²) in [5.74, 6) is -0.411. The van der Waals surface area contributed by atoms with Crippen LogP contribution in [0.1, 0.15) is 41.3 Å². The van der Waals surface area contributed by atoms with Crippen LogP contribution in [-0.4, -0.2) is 23.9 Å². The number of halogens is 6. The molecule has 4 aromatic heterocycles. The van der Waals surface area contributed by atoms with E-state index in [9.17, 15) is 26.3 Å². The van der Waals surface area contributed by atoms with Crippen molar-refractivity contribution >= 4 is 16.4 Å². The van der Waals surface area contributed by atoms with Crippen molar-refractivity contribution in [2.75, 3.05) is 0 Å². The topological polar surface area (TPSA) is 60.4 Å². The number of aromatic nitrogens is 5. The maximum atomic E-state index is 13.5. The SMILES string of the molecule is Cc1c([C@@H](C)/N=c2\nc(C)n(C)c3cnc(-c4ccn5c(C(F)(F)F)ncc5c4)cc23)cccc1C(F)(F)F. The fraction of sp³-hybridized carbons (Fsp3) is 0.259. The highest BCUT2D eigenvalue weighted by Gasteiger charge is 2.36. The third-order valence-electron chi connectivity index (χ3n) is 6.77. The van der Waals surface area contributed by atoms with Crippen LogP contribution in [0.3, 0.4) is 0 Å². The Morgan fingerprint density at radius 2 is 1.67 bits per heavy atom. The molecule has 0 aliphatic rings. The first-order chi connectivity index (χ1) is 18.3. The van der Waals surface area contributed by atoms with Crippen molar-refractivity contribution in [3.8, 4) is 11.3 Å². The fourth-order valence-electron chi connectivity index (χ4n) is 4.65. The fourth-order valence-corrected chi connectivity index (χ4v) is 4.65. The number of fused-ring (bicyclic) bond motifs is 2. The third-order valence-corrected chi connectivity index (χ3v) is 6.77. The zero-order valence-corrected chi connectivity index (χ0v) is 21.2. The van der Waals surface area contributed by atoms with Gasteiger partial charge in [0.2, 0.25) is 5.82 Å². The molecular formula is C27H22F6N6. The molecule has 1 atom stereocenters. The smallest absolute Gasteiger partial charge is 0.331 e. The minimum absolute atomic E-state index is 0.0958. The van der Waals surface area contributed by atoms with Crippen LogP contribution in [0.2, 0.25) is 0 Å². The highest BCUT2D eigenvalue weighted by atomic mass is 19.4. The molecule has 0 spiro atoms. The molecule has 202 valence electrons. The monoisotopic (exact) mass is 544 g/mol. The van der Waals surface area contributed by atoms with Crippen molar-refractivity contribution in [3.63, 3.8) is 0 Å². The van der Waals surface area contributed by atoms with Gasteiger partial charge in [-0.1, -0.05) is 12.1 Å². The predicted molar refractivity (Wildman–Crippen MR) is 133 cm³/mol. The summed E-state index contributed by atoms with van der Waals surface area (Å²) >= 11 is 0. The number of imidazole rings is 1. The maximum Gasteiger partial charge on any atom is 0.450 e. The van der Waals surface area contributed by atoms with E-state index < -0.39 is 29.8 Å². The molecule has 0 aliphatic heterocycles. The summed E-state index contributed by atoms with van der Waals surface area (Å²) in [4.78, 5) is 17.3. The molecule has 1 aromatic carbocycles. The Morgan fingerprint density at radius 1 is 0.923 bits per heavy atom. The van der Waals surface area contributed by atoms with E-state index >= 15 is 0 Å². The van der Waals surface area contributed by atoms with Crippen LogP contribution in [-0.2, 0) is 19.4 Å². The van der Waals surface area contributed by atoms with Gasteiger partial charge >= 0.3 is 12.4 Å². The third kappa shape index (κ3) is 4.75. The first-order valence-corrected chi connectivity index (χ1v) is 11.8. The van der Waals surface area contributed by atoms with Gasteiger partial charge in [0.1, 0.15) is 5.82 Å². The molecule has 39 heavy (non-hydrogen) atoms. The second-order valence-electron chi connectivity index (χ2n) is 9.24. The van der Waals surface area contributed by atoms with E-state index in [0.29, 0.717) is 39.0 Å². The Balaban J connectivity index is 1.65. The quantitative estimate of drug-likeness (QED) is 0.241. The van der Waals surface area contributed by atoms with Crippen LogP contribution < -0.4 is 5.49 Å². The average molecular weight is 545 g/mol. The average Bonchev–Trinajstić information content (AvgIpc) is 3.30. The number of pyridine rings is 2. The standard InChI is InChI=1S/C27H22F6N6/c1-14-19(6-5-7-21(14)26(28,29)30)15(2)36-24-20-11-22(34-13-23(20)38(4)16(3)37-24)17-8-9-39-18(10-17)12-35-25(39)27(31,32)33/h5-13,15H,1-4H3/b36-24-/t15-/m1/s1. The molecule has 12 heteroatoms. The van der Waals surface area contributed by atoms with Crippen LogP contribution in [0, 0.1) is 13.8 Å². The predicted octanol–water partition coefficient (Wildman–Crippen LogP) is 6.60. The largest absolute Gasteiger partial charge is 0.450 e. The molecule has 5 rings (SSSR count). The van der Waals surface area contributed by atoms with E-state index in [1.54, 1.807) is 49.9 Å². The number of alkyl halides is 6. The van der Waals surface area contributed by atoms with Crippen molar-refractivity contribution < 1.29 is 26.3 Å². The molecule has 0 bridgehead atoms. The molecule has 0 saturated heterocycles. The van der Waals surface area contributed by atoms with E-state index in [4.69, 9.17) is 4.99 Å². The molecule has 0 N–H and O–H groups in total. The molecule has 6 nitrogen and oxygen atoms in total. The molecule has 0 unspecified atom stereocenters. The van der Waals surface area contributed by atoms with Gasteiger partial charge in [-0.3, -0.25) is 14.4 Å². The number of rotatable bonds is 3. The van der Waals surface area contributed by atoms with Crippen LogP contribution in [0.15, 0.2) is 60.0 Å². The number of hydrogen-bond acceptors (Lipinski definition) is 4. The van der Waals surface area contributed by atoms with Crippen molar-refractivity contribution in [3.05, 3.63) is 88.8 Å². The highest BCUT2D eigenvalue weighted by Crippen LogP contribution is 2.35. The highest BCUT2D eigenvalue weighted by molar-refractivity contribution is 5.82. The minimum Gasteiger partial charge on any atom is -0.331 e. The molecule has 0 fully saturated rings. The molecule has 0 radical (unpaired) electrons. The Labute approximate surface area is 218 Å². The molecule has 0 aliphatic carbocycles. The zero-order valence-electron chi connectivity index (χ0n) is 21.2. The van der Waals surface area contributed by atoms with Gasteiger partial charge in [-0.25, -0.2) is 9.97 Å². The lowest BCUT2D eigenvalue weighted by Gasteiger charge is -2.16. The van der Waals surface area contributed by atoms with E-state index in [1.165, 1.54) is 25.3 Å². The number of benzene rings is 1. The van der Waals surface area contributed by atoms with Crippen molar-refractivity contribution in [2.45, 2.75) is 39.2 Å². The van der Waals surface area contributed by atoms with Gasteiger partial charge in [0.05, 0.1) is 40.7 Å². The summed E-state index contributed by atoms with van der Waals surface area (Å²) in [6.45, 7) is 4.90. The molecular weight excluding hydrogens is 522 g/mol. The number of aryl methyl sites for hydroxylation is 2. The van der Waals surface area contributed by atoms with Crippen molar-refractivity contribution in [2.24, 2.45) is 12.0 Å². The summed E-state index contributed by atoms with van der Waals surface area (Å²) in [7, 11) is 1.80. The summed E-state index contributed by atoms with van der Waals surface area (Å²) in [6.07, 6.45) is -5.06. The first kappa shape index (κ1) is 26.4. The normalized spacial score (nSPS) is 13.9. The molecule has 0 amide bonds. The second kappa shape index (κ2) is 9.21. The Hall–Kier alpha value is -4.22. The van der Waals surface area contributed by atoms with E-state index in [0.717, 1.165) is 16.7 Å². The van der Waals surface area contributed by atoms with Gasteiger partial charge in [-0.15, -0.1) is 0 Å². The van der Waals surface area contributed by atoms with Crippen LogP contribution in [0.5, 0.6) is 0 Å². The molecule has 5 aromatic rings. The number of hydrogen-bond donors (Lipinski definition) is 0. The van der Waals surface area contributed by atoms with E-state index in [-0.39, 0.29) is 11.1 Å². The molecule has 4 heterocycles. The first-order valence-electron chi connectivity index (χ1n) is 11.8. The Kier molecular flexibility index (Phi) is 6.23.